The molecule has 0 bridgehead atoms. The van der Waals surface area contributed by atoms with Gasteiger partial charge in [0.25, 0.3) is 11.5 Å². The largest absolute Gasteiger partial charge is 1.00 e. The number of nitrogen functional groups attached to an aromatic ring is 1. The Morgan fingerprint density at radius 2 is 2.00 bits per heavy atom. The summed E-state index contributed by atoms with van der Waals surface area (Å²) in [5, 5.41) is 29.9. The van der Waals surface area contributed by atoms with E-state index in [0.717, 1.165) is 37.2 Å². The summed E-state index contributed by atoms with van der Waals surface area (Å²) in [5.41, 5.74) is 11.5. The molecule has 1 saturated heterocycles. The Kier molecular flexibility index (Phi) is 7.60. The van der Waals surface area contributed by atoms with Gasteiger partial charge in [0, 0.05) is 0 Å². The molecule has 1 aliphatic heterocycles. The number of anilines is 1. The number of piperidine rings is 1. The van der Waals surface area contributed by atoms with Gasteiger partial charge < -0.3 is 18.1 Å². The number of likely N-dealkylation sites (tertiary alicyclic amines) is 1. The number of rotatable bonds is 7. The van der Waals surface area contributed by atoms with Gasteiger partial charge in [-0.2, -0.15) is 9.73 Å². The fraction of sp³-hybridized carbons (Fsp3) is 0.350. The summed E-state index contributed by atoms with van der Waals surface area (Å²) < 4.78 is 7.80. The monoisotopic (exact) mass is 513 g/mol. The van der Waals surface area contributed by atoms with E-state index in [1.54, 1.807) is 11.6 Å². The van der Waals surface area contributed by atoms with Crippen molar-refractivity contribution in [3.8, 4) is 11.5 Å². The zero-order chi connectivity index (χ0) is 24.2. The van der Waals surface area contributed by atoms with Crippen molar-refractivity contribution in [2.45, 2.75) is 32.7 Å². The Labute approximate surface area is 211 Å². The molecule has 0 radical (unpaired) electrons. The first-order valence-corrected chi connectivity index (χ1v) is 11.1. The van der Waals surface area contributed by atoms with Crippen LogP contribution in [-0.4, -0.2) is 70.4 Å². The highest BCUT2D eigenvalue weighted by molar-refractivity contribution is 6.00. The van der Waals surface area contributed by atoms with Gasteiger partial charge in [-0.3, -0.25) is 9.69 Å². The second kappa shape index (κ2) is 11.0. The number of benzene rings is 1. The smallest absolute Gasteiger partial charge is 0.377 e. The third kappa shape index (κ3) is 5.21. The molecule has 36 heavy (non-hydrogen) atoms. The number of nitrogens with zero attached hydrogens (tertiary/aromatic N) is 10. The van der Waals surface area contributed by atoms with Crippen molar-refractivity contribution in [3.63, 3.8) is 0 Å². The predicted molar refractivity (Wildman–Crippen MR) is 120 cm³/mol. The van der Waals surface area contributed by atoms with Crippen molar-refractivity contribution in [2.75, 3.05) is 18.8 Å². The minimum Gasteiger partial charge on any atom is -1.00 e. The summed E-state index contributed by atoms with van der Waals surface area (Å²) in [6.07, 6.45) is 4.90. The molecule has 3 aromatic heterocycles. The van der Waals surface area contributed by atoms with Crippen LogP contribution >= 0.6 is 0 Å². The fourth-order valence-corrected chi connectivity index (χ4v) is 3.90. The van der Waals surface area contributed by atoms with Crippen molar-refractivity contribution in [3.05, 3.63) is 47.5 Å². The molecule has 4 heterocycles. The van der Waals surface area contributed by atoms with Crippen LogP contribution in [-0.2, 0) is 6.54 Å². The number of carbonyl (C=O) groups is 1. The van der Waals surface area contributed by atoms with Crippen LogP contribution in [0.25, 0.3) is 11.5 Å². The number of aromatic nitrogens is 9. The molecule has 0 aliphatic carbocycles. The van der Waals surface area contributed by atoms with Gasteiger partial charge >= 0.3 is 11.7 Å². The van der Waals surface area contributed by atoms with E-state index in [4.69, 9.17) is 10.4 Å². The molecule has 15 nitrogen and oxygen atoms in total. The van der Waals surface area contributed by atoms with Crippen molar-refractivity contribution in [2.24, 2.45) is 5.10 Å². The zero-order valence-electron chi connectivity index (χ0n) is 19.4. The van der Waals surface area contributed by atoms with Gasteiger partial charge in [-0.15, -0.1) is 15.0 Å². The highest BCUT2D eigenvalue weighted by atomic mass is 35.5. The van der Waals surface area contributed by atoms with Crippen LogP contribution in [0, 0.1) is 0 Å². The lowest BCUT2D eigenvalue weighted by Gasteiger charge is -2.25. The van der Waals surface area contributed by atoms with Crippen molar-refractivity contribution >= 4 is 17.4 Å². The molecule has 0 spiro atoms. The maximum absolute atomic E-state index is 13.1. The summed E-state index contributed by atoms with van der Waals surface area (Å²) in [6.45, 7) is 4.13. The van der Waals surface area contributed by atoms with Crippen molar-refractivity contribution in [1.29, 1.82) is 0 Å². The molecular formula is C20H24ClN13O2. The van der Waals surface area contributed by atoms with Crippen LogP contribution < -0.4 is 28.2 Å². The maximum atomic E-state index is 13.1. The molecule has 0 unspecified atom stereocenters. The molecule has 188 valence electrons. The van der Waals surface area contributed by atoms with E-state index in [1.165, 1.54) is 17.4 Å². The lowest BCUT2D eigenvalue weighted by atomic mass is 10.1. The first kappa shape index (κ1) is 24.9. The Hall–Kier alpha value is -4.24. The quantitative estimate of drug-likeness (QED) is 0.129. The number of hydrogen-bond donors (Lipinski definition) is 3. The number of carbonyl (C=O) groups excluding carboxylic acids is 1. The number of hydrazone groups is 1. The Balaban J connectivity index is 0.00000304. The van der Waals surface area contributed by atoms with Gasteiger partial charge in [0.15, 0.2) is 5.69 Å². The molecule has 4 N–H and O–H groups in total. The van der Waals surface area contributed by atoms with Crippen LogP contribution in [0.2, 0.25) is 0 Å². The normalized spacial score (nSPS) is 14.4. The molecule has 1 amide bonds. The number of amides is 1. The first-order chi connectivity index (χ1) is 17.1. The lowest BCUT2D eigenvalue weighted by molar-refractivity contribution is -0.671. The number of nitrogens with two attached hydrogens (primary N) is 1. The lowest BCUT2D eigenvalue weighted by Crippen LogP contribution is -3.00. The average molecular weight is 514 g/mol. The number of tetrazole rings is 1. The van der Waals surface area contributed by atoms with Crippen LogP contribution in [0.5, 0.6) is 0 Å². The number of aromatic amines is 1. The summed E-state index contributed by atoms with van der Waals surface area (Å²) in [7, 11) is 0. The van der Waals surface area contributed by atoms with Crippen molar-refractivity contribution < 1.29 is 26.5 Å². The summed E-state index contributed by atoms with van der Waals surface area (Å²) in [5.74, 6) is -0.137. The Morgan fingerprint density at radius 1 is 1.22 bits per heavy atom. The van der Waals surface area contributed by atoms with Gasteiger partial charge in [-0.1, -0.05) is 18.6 Å². The van der Waals surface area contributed by atoms with E-state index >= 15 is 0 Å². The van der Waals surface area contributed by atoms with Crippen molar-refractivity contribution in [1.82, 2.24) is 51.2 Å². The van der Waals surface area contributed by atoms with Gasteiger partial charge in [-0.25, -0.2) is 10.1 Å². The van der Waals surface area contributed by atoms with Crippen LogP contribution in [0.4, 0.5) is 5.82 Å². The molecule has 1 aromatic carbocycles. The number of H-pyrrole nitrogens is 1. The highest BCUT2D eigenvalue weighted by Gasteiger charge is 2.31. The number of halogens is 1. The molecule has 1 fully saturated rings. The predicted octanol–water partition coefficient (Wildman–Crippen LogP) is -3.23. The standard InChI is InChI=1S/C20H23N13O2.ClH/c1-13(14-5-7-15(8-6-14)32-12-22-28-30-32)23-25-20(34)17-16(11-31-9-3-2-4-10-31)33(29-24-17)19-18(21)26-35-27-19;/h5-8,12H,2-4,9-11H2,1H3,(H3,21,25,26,34);1H/b23-13+;. The van der Waals surface area contributed by atoms with E-state index in [0.29, 0.717) is 18.0 Å². The van der Waals surface area contributed by atoms with Crippen LogP contribution in [0.3, 0.4) is 0 Å². The van der Waals surface area contributed by atoms with E-state index < -0.39 is 5.91 Å². The summed E-state index contributed by atoms with van der Waals surface area (Å²) >= 11 is 0. The molecule has 5 rings (SSSR count). The molecular weight excluding hydrogens is 490 g/mol. The minimum absolute atomic E-state index is 0. The highest BCUT2D eigenvalue weighted by Crippen LogP contribution is 2.15. The second-order valence-corrected chi connectivity index (χ2v) is 8.09. The fourth-order valence-electron chi connectivity index (χ4n) is 3.90. The average Bonchev–Trinajstić information content (AvgIpc) is 3.65. The molecule has 16 heteroatoms. The molecule has 4 aromatic rings. The third-order valence-electron chi connectivity index (χ3n) is 5.77. The Bertz CT molecular complexity index is 1320. The topological polar surface area (TPSA) is 186 Å². The minimum atomic E-state index is -0.466. The van der Waals surface area contributed by atoms with E-state index in [-0.39, 0.29) is 29.7 Å². The molecule has 1 aliphatic rings. The van der Waals surface area contributed by atoms with Crippen LogP contribution in [0.15, 0.2) is 40.3 Å². The van der Waals surface area contributed by atoms with E-state index in [2.05, 4.69) is 51.6 Å². The van der Waals surface area contributed by atoms with E-state index in [1.807, 2.05) is 24.3 Å². The van der Waals surface area contributed by atoms with Crippen LogP contribution in [0.1, 0.15) is 47.9 Å². The van der Waals surface area contributed by atoms with Gasteiger partial charge in [0.1, 0.15) is 11.5 Å². The number of hydrogen-bond acceptors (Lipinski definition) is 11. The maximum Gasteiger partial charge on any atom is 0.377 e. The van der Waals surface area contributed by atoms with Gasteiger partial charge in [-0.05, 0) is 71.2 Å². The third-order valence-corrected chi connectivity index (χ3v) is 5.77. The summed E-state index contributed by atoms with van der Waals surface area (Å²) in [6, 6.07) is 7.45. The number of nitrogens with one attached hydrogen (secondary N) is 2. The first-order valence-electron chi connectivity index (χ1n) is 11.1. The Morgan fingerprint density at radius 3 is 2.67 bits per heavy atom. The van der Waals surface area contributed by atoms with Gasteiger partial charge in [0.2, 0.25) is 0 Å². The molecule has 0 atom stereocenters. The SMILES string of the molecule is C/C(=N\NC(=O)c1n[nH][n+](-c2nonc2N)c1CN1CCCCC1)c1ccc(-n2cnnn2)cc1.[Cl-]. The second-order valence-electron chi connectivity index (χ2n) is 8.09. The zero-order valence-corrected chi connectivity index (χ0v) is 20.1. The van der Waals surface area contributed by atoms with Gasteiger partial charge in [0.05, 0.1) is 17.9 Å². The summed E-state index contributed by atoms with van der Waals surface area (Å²) in [4.78, 5) is 15.3. The van der Waals surface area contributed by atoms with E-state index in [9.17, 15) is 4.79 Å². The molecule has 0 saturated carbocycles.